The third-order valence-electron chi connectivity index (χ3n) is 3.87. The molecule has 2 heteroatoms. The first kappa shape index (κ1) is 12.4. The number of benzene rings is 1. The molecule has 1 aromatic carbocycles. The minimum Gasteiger partial charge on any atom is -0.392 e. The lowest BCUT2D eigenvalue weighted by Gasteiger charge is -2.34. The number of hydrogen-bond acceptors (Lipinski definition) is 2. The van der Waals surface area contributed by atoms with E-state index < -0.39 is 0 Å². The lowest BCUT2D eigenvalue weighted by Crippen LogP contribution is -2.32. The van der Waals surface area contributed by atoms with Crippen LogP contribution in [0.3, 0.4) is 0 Å². The lowest BCUT2D eigenvalue weighted by molar-refractivity contribution is 0.281. The SMILES string of the molecule is CCN(CC1CCC1)c1ccc(CO)cc1C. The summed E-state index contributed by atoms with van der Waals surface area (Å²) in [6.45, 7) is 6.75. The van der Waals surface area contributed by atoms with Crippen LogP contribution in [0.2, 0.25) is 0 Å². The Hall–Kier alpha value is -1.02. The van der Waals surface area contributed by atoms with E-state index in [0.717, 1.165) is 18.0 Å². The Labute approximate surface area is 104 Å². The second-order valence-electron chi connectivity index (χ2n) is 5.11. The van der Waals surface area contributed by atoms with Crippen LogP contribution in [0.4, 0.5) is 5.69 Å². The Bertz CT molecular complexity index is 371. The van der Waals surface area contributed by atoms with Gasteiger partial charge in [-0.1, -0.05) is 18.6 Å². The van der Waals surface area contributed by atoms with Crippen LogP contribution < -0.4 is 4.90 Å². The van der Waals surface area contributed by atoms with Gasteiger partial charge in [0.15, 0.2) is 0 Å². The predicted molar refractivity (Wildman–Crippen MR) is 72.3 cm³/mol. The minimum atomic E-state index is 0.135. The van der Waals surface area contributed by atoms with E-state index in [0.29, 0.717) is 0 Å². The van der Waals surface area contributed by atoms with Crippen molar-refractivity contribution in [2.75, 3.05) is 18.0 Å². The monoisotopic (exact) mass is 233 g/mol. The summed E-state index contributed by atoms with van der Waals surface area (Å²) in [5.41, 5.74) is 3.61. The number of aryl methyl sites for hydroxylation is 1. The van der Waals surface area contributed by atoms with Crippen LogP contribution in [-0.2, 0) is 6.61 Å². The topological polar surface area (TPSA) is 23.5 Å². The van der Waals surface area contributed by atoms with Crippen molar-refractivity contribution in [3.05, 3.63) is 29.3 Å². The van der Waals surface area contributed by atoms with Crippen molar-refractivity contribution in [2.24, 2.45) is 5.92 Å². The van der Waals surface area contributed by atoms with Gasteiger partial charge in [-0.25, -0.2) is 0 Å². The Morgan fingerprint density at radius 3 is 2.59 bits per heavy atom. The third kappa shape index (κ3) is 2.81. The highest BCUT2D eigenvalue weighted by atomic mass is 16.3. The number of nitrogens with zero attached hydrogens (tertiary/aromatic N) is 1. The zero-order chi connectivity index (χ0) is 12.3. The molecule has 0 unspecified atom stereocenters. The largest absolute Gasteiger partial charge is 0.392 e. The first-order chi connectivity index (χ1) is 8.24. The average molecular weight is 233 g/mol. The van der Waals surface area contributed by atoms with Gasteiger partial charge in [0.2, 0.25) is 0 Å². The zero-order valence-corrected chi connectivity index (χ0v) is 10.9. The van der Waals surface area contributed by atoms with Crippen LogP contribution in [0.15, 0.2) is 18.2 Å². The van der Waals surface area contributed by atoms with Crippen LogP contribution in [0.5, 0.6) is 0 Å². The maximum atomic E-state index is 9.13. The van der Waals surface area contributed by atoms with Gasteiger partial charge in [-0.15, -0.1) is 0 Å². The van der Waals surface area contributed by atoms with Crippen molar-refractivity contribution in [3.8, 4) is 0 Å². The second kappa shape index (κ2) is 5.54. The Morgan fingerprint density at radius 1 is 1.35 bits per heavy atom. The Kier molecular flexibility index (Phi) is 4.06. The summed E-state index contributed by atoms with van der Waals surface area (Å²) in [6, 6.07) is 6.29. The van der Waals surface area contributed by atoms with E-state index in [2.05, 4.69) is 30.9 Å². The van der Waals surface area contributed by atoms with Gasteiger partial charge in [-0.2, -0.15) is 0 Å². The Morgan fingerprint density at radius 2 is 2.12 bits per heavy atom. The molecule has 0 aliphatic heterocycles. The highest BCUT2D eigenvalue weighted by Gasteiger charge is 2.20. The van der Waals surface area contributed by atoms with Crippen molar-refractivity contribution >= 4 is 5.69 Å². The predicted octanol–water partition coefficient (Wildman–Crippen LogP) is 3.11. The fourth-order valence-corrected chi connectivity index (χ4v) is 2.56. The molecule has 1 aromatic rings. The van der Waals surface area contributed by atoms with Gasteiger partial charge < -0.3 is 10.0 Å². The zero-order valence-electron chi connectivity index (χ0n) is 10.9. The van der Waals surface area contributed by atoms with E-state index in [1.54, 1.807) is 0 Å². The Balaban J connectivity index is 2.11. The van der Waals surface area contributed by atoms with Crippen LogP contribution in [-0.4, -0.2) is 18.2 Å². The van der Waals surface area contributed by atoms with Crippen molar-refractivity contribution in [3.63, 3.8) is 0 Å². The summed E-state index contributed by atoms with van der Waals surface area (Å²) in [5.74, 6) is 0.895. The number of anilines is 1. The first-order valence-electron chi connectivity index (χ1n) is 6.70. The summed E-state index contributed by atoms with van der Waals surface area (Å²) >= 11 is 0. The summed E-state index contributed by atoms with van der Waals surface area (Å²) < 4.78 is 0. The molecule has 2 rings (SSSR count). The van der Waals surface area contributed by atoms with Crippen molar-refractivity contribution in [1.29, 1.82) is 0 Å². The summed E-state index contributed by atoms with van der Waals surface area (Å²) in [4.78, 5) is 2.47. The maximum absolute atomic E-state index is 9.13. The molecule has 0 aromatic heterocycles. The van der Waals surface area contributed by atoms with Crippen LogP contribution >= 0.6 is 0 Å². The average Bonchev–Trinajstić information content (AvgIpc) is 2.29. The molecule has 94 valence electrons. The molecule has 1 aliphatic carbocycles. The molecule has 0 amide bonds. The molecule has 0 saturated heterocycles. The van der Waals surface area contributed by atoms with Gasteiger partial charge in [-0.3, -0.25) is 0 Å². The van der Waals surface area contributed by atoms with E-state index in [4.69, 9.17) is 5.11 Å². The smallest absolute Gasteiger partial charge is 0.0681 e. The van der Waals surface area contributed by atoms with E-state index in [9.17, 15) is 0 Å². The van der Waals surface area contributed by atoms with Crippen molar-refractivity contribution in [1.82, 2.24) is 0 Å². The van der Waals surface area contributed by atoms with E-state index >= 15 is 0 Å². The maximum Gasteiger partial charge on any atom is 0.0681 e. The molecule has 17 heavy (non-hydrogen) atoms. The summed E-state index contributed by atoms with van der Waals surface area (Å²) in [6.07, 6.45) is 4.19. The summed E-state index contributed by atoms with van der Waals surface area (Å²) in [7, 11) is 0. The normalized spacial score (nSPS) is 15.7. The minimum absolute atomic E-state index is 0.135. The quantitative estimate of drug-likeness (QED) is 0.844. The molecular weight excluding hydrogens is 210 g/mol. The van der Waals surface area contributed by atoms with E-state index in [1.165, 1.54) is 37.1 Å². The van der Waals surface area contributed by atoms with E-state index in [-0.39, 0.29) is 6.61 Å². The number of aliphatic hydroxyl groups excluding tert-OH is 1. The fraction of sp³-hybridized carbons (Fsp3) is 0.600. The van der Waals surface area contributed by atoms with E-state index in [1.807, 2.05) is 6.07 Å². The van der Waals surface area contributed by atoms with Gasteiger partial charge >= 0.3 is 0 Å². The van der Waals surface area contributed by atoms with Crippen molar-refractivity contribution < 1.29 is 5.11 Å². The van der Waals surface area contributed by atoms with Gasteiger partial charge in [0.05, 0.1) is 6.61 Å². The molecule has 1 N–H and O–H groups in total. The standard InChI is InChI=1S/C15H23NO/c1-3-16(10-13-5-4-6-13)15-8-7-14(11-17)9-12(15)2/h7-9,13,17H,3-6,10-11H2,1-2H3. The molecule has 0 atom stereocenters. The van der Waals surface area contributed by atoms with Gasteiger partial charge in [-0.05, 0) is 49.8 Å². The highest BCUT2D eigenvalue weighted by Crippen LogP contribution is 2.30. The second-order valence-corrected chi connectivity index (χ2v) is 5.11. The number of rotatable bonds is 5. The number of aliphatic hydroxyl groups is 1. The first-order valence-corrected chi connectivity index (χ1v) is 6.70. The molecule has 0 spiro atoms. The van der Waals surface area contributed by atoms with Crippen LogP contribution in [0.25, 0.3) is 0 Å². The van der Waals surface area contributed by atoms with Gasteiger partial charge in [0, 0.05) is 18.8 Å². The molecule has 1 aliphatic rings. The lowest BCUT2D eigenvalue weighted by atomic mass is 9.85. The number of hydrogen-bond donors (Lipinski definition) is 1. The summed E-state index contributed by atoms with van der Waals surface area (Å²) in [5, 5.41) is 9.13. The molecule has 0 heterocycles. The molecule has 0 bridgehead atoms. The van der Waals surface area contributed by atoms with Crippen molar-refractivity contribution in [2.45, 2.75) is 39.7 Å². The molecular formula is C15H23NO. The highest BCUT2D eigenvalue weighted by molar-refractivity contribution is 5.54. The van der Waals surface area contributed by atoms with Crippen LogP contribution in [0.1, 0.15) is 37.3 Å². The third-order valence-corrected chi connectivity index (χ3v) is 3.87. The van der Waals surface area contributed by atoms with Crippen LogP contribution in [0, 0.1) is 12.8 Å². The van der Waals surface area contributed by atoms with Gasteiger partial charge in [0.25, 0.3) is 0 Å². The molecule has 1 saturated carbocycles. The fourth-order valence-electron chi connectivity index (χ4n) is 2.56. The molecule has 2 nitrogen and oxygen atoms in total. The molecule has 0 radical (unpaired) electrons. The molecule has 1 fully saturated rings. The van der Waals surface area contributed by atoms with Gasteiger partial charge in [0.1, 0.15) is 0 Å².